The van der Waals surface area contributed by atoms with Crippen molar-refractivity contribution in [2.75, 3.05) is 38.2 Å². The van der Waals surface area contributed by atoms with Gasteiger partial charge in [-0.25, -0.2) is 8.42 Å². The summed E-state index contributed by atoms with van der Waals surface area (Å²) in [6, 6.07) is 17.7. The van der Waals surface area contributed by atoms with Gasteiger partial charge in [-0.05, 0) is 61.0 Å². The van der Waals surface area contributed by atoms with Gasteiger partial charge in [-0.1, -0.05) is 12.1 Å². The van der Waals surface area contributed by atoms with Gasteiger partial charge >= 0.3 is 0 Å². The van der Waals surface area contributed by atoms with Crippen LogP contribution in [0, 0.1) is 0 Å². The molecule has 0 unspecified atom stereocenters. The van der Waals surface area contributed by atoms with E-state index in [1.165, 1.54) is 15.6 Å². The van der Waals surface area contributed by atoms with Gasteiger partial charge in [0.25, 0.3) is 15.9 Å². The fourth-order valence-electron chi connectivity index (χ4n) is 3.32. The highest BCUT2D eigenvalue weighted by Crippen LogP contribution is 2.32. The van der Waals surface area contributed by atoms with Crippen molar-refractivity contribution < 1.29 is 22.7 Å². The Morgan fingerprint density at radius 2 is 1.72 bits per heavy atom. The van der Waals surface area contributed by atoms with Crippen molar-refractivity contribution in [3.63, 3.8) is 0 Å². The zero-order valence-corrected chi connectivity index (χ0v) is 19.2. The number of nitrogens with one attached hydrogen (secondary N) is 1. The van der Waals surface area contributed by atoms with Crippen LogP contribution in [0.1, 0.15) is 17.3 Å². The van der Waals surface area contributed by atoms with E-state index in [0.29, 0.717) is 48.4 Å². The number of carbonyl (C=O) groups is 1. The van der Waals surface area contributed by atoms with E-state index in [1.54, 1.807) is 36.4 Å². The van der Waals surface area contributed by atoms with Crippen LogP contribution in [-0.4, -0.2) is 51.5 Å². The van der Waals surface area contributed by atoms with Crippen LogP contribution in [0.4, 0.5) is 5.69 Å². The fourth-order valence-corrected chi connectivity index (χ4v) is 6.19. The number of sulfonamides is 1. The monoisotopic (exact) mass is 472 g/mol. The SMILES string of the molecule is CCOc1ccc(NC(=O)c2ccc(-c3ccc(S(=O)(=O)N4CCOCC4)s3)cc2)cc1. The number of amides is 1. The quantitative estimate of drug-likeness (QED) is 0.560. The number of anilines is 1. The molecule has 1 N–H and O–H groups in total. The number of carbonyl (C=O) groups excluding carboxylic acids is 1. The van der Waals surface area contributed by atoms with Gasteiger partial charge in [-0.2, -0.15) is 4.31 Å². The molecule has 32 heavy (non-hydrogen) atoms. The van der Waals surface area contributed by atoms with Crippen LogP contribution in [0.25, 0.3) is 10.4 Å². The summed E-state index contributed by atoms with van der Waals surface area (Å²) < 4.78 is 38.1. The van der Waals surface area contributed by atoms with E-state index in [9.17, 15) is 13.2 Å². The van der Waals surface area contributed by atoms with E-state index in [4.69, 9.17) is 9.47 Å². The third kappa shape index (κ3) is 5.02. The van der Waals surface area contributed by atoms with Crippen LogP contribution in [0.15, 0.2) is 64.9 Å². The third-order valence-electron chi connectivity index (χ3n) is 5.00. The van der Waals surface area contributed by atoms with Crippen molar-refractivity contribution in [2.24, 2.45) is 0 Å². The molecule has 0 atom stereocenters. The second kappa shape index (κ2) is 9.83. The lowest BCUT2D eigenvalue weighted by atomic mass is 10.1. The minimum absolute atomic E-state index is 0.220. The lowest BCUT2D eigenvalue weighted by molar-refractivity contribution is 0.0731. The maximum Gasteiger partial charge on any atom is 0.255 e. The highest BCUT2D eigenvalue weighted by molar-refractivity contribution is 7.91. The average Bonchev–Trinajstić information content (AvgIpc) is 3.32. The highest BCUT2D eigenvalue weighted by Gasteiger charge is 2.27. The van der Waals surface area contributed by atoms with Gasteiger partial charge in [0, 0.05) is 29.2 Å². The molecule has 1 fully saturated rings. The maximum absolute atomic E-state index is 12.8. The second-order valence-corrected chi connectivity index (χ2v) is 10.4. The van der Waals surface area contributed by atoms with Crippen LogP contribution >= 0.6 is 11.3 Å². The molecule has 4 rings (SSSR count). The van der Waals surface area contributed by atoms with Crippen molar-refractivity contribution in [3.8, 4) is 16.2 Å². The minimum atomic E-state index is -3.51. The van der Waals surface area contributed by atoms with E-state index in [-0.39, 0.29) is 5.91 Å². The van der Waals surface area contributed by atoms with Crippen LogP contribution in [0.2, 0.25) is 0 Å². The first-order chi connectivity index (χ1) is 15.5. The minimum Gasteiger partial charge on any atom is -0.494 e. The lowest BCUT2D eigenvalue weighted by Crippen LogP contribution is -2.40. The van der Waals surface area contributed by atoms with E-state index >= 15 is 0 Å². The largest absolute Gasteiger partial charge is 0.494 e. The van der Waals surface area contributed by atoms with Crippen molar-refractivity contribution in [1.29, 1.82) is 0 Å². The Labute approximate surface area is 191 Å². The Kier molecular flexibility index (Phi) is 6.90. The van der Waals surface area contributed by atoms with Crippen LogP contribution in [0.3, 0.4) is 0 Å². The Balaban J connectivity index is 1.44. The van der Waals surface area contributed by atoms with Crippen LogP contribution < -0.4 is 10.1 Å². The third-order valence-corrected chi connectivity index (χ3v) is 8.50. The smallest absolute Gasteiger partial charge is 0.255 e. The standard InChI is InChI=1S/C23H24N2O5S2/c1-2-30-20-9-7-19(8-10-20)24-23(26)18-5-3-17(4-6-18)21-11-12-22(31-21)32(27,28)25-13-15-29-16-14-25/h3-12H,2,13-16H2,1H3,(H,24,26). The summed E-state index contributed by atoms with van der Waals surface area (Å²) in [6.45, 7) is 4.07. The molecule has 0 spiro atoms. The first-order valence-electron chi connectivity index (χ1n) is 10.3. The molecule has 168 valence electrons. The fraction of sp³-hybridized carbons (Fsp3) is 0.261. The van der Waals surface area contributed by atoms with Crippen LogP contribution in [0.5, 0.6) is 5.75 Å². The predicted molar refractivity (Wildman–Crippen MR) is 125 cm³/mol. The molecule has 0 radical (unpaired) electrons. The van der Waals surface area contributed by atoms with Crippen molar-refractivity contribution in [3.05, 3.63) is 66.2 Å². The summed E-state index contributed by atoms with van der Waals surface area (Å²) in [4.78, 5) is 13.4. The number of hydrogen-bond acceptors (Lipinski definition) is 6. The summed E-state index contributed by atoms with van der Waals surface area (Å²) in [5, 5.41) is 2.86. The maximum atomic E-state index is 12.8. The van der Waals surface area contributed by atoms with E-state index in [2.05, 4.69) is 5.32 Å². The molecule has 0 aliphatic carbocycles. The molecule has 7 nitrogen and oxygen atoms in total. The van der Waals surface area contributed by atoms with Gasteiger partial charge < -0.3 is 14.8 Å². The topological polar surface area (TPSA) is 84.9 Å². The molecule has 1 saturated heterocycles. The molecule has 1 aliphatic heterocycles. The molecular weight excluding hydrogens is 448 g/mol. The summed E-state index contributed by atoms with van der Waals surface area (Å²) in [6.07, 6.45) is 0. The van der Waals surface area contributed by atoms with Crippen molar-refractivity contribution >= 4 is 33.0 Å². The van der Waals surface area contributed by atoms with Crippen molar-refractivity contribution in [1.82, 2.24) is 4.31 Å². The van der Waals surface area contributed by atoms with Crippen molar-refractivity contribution in [2.45, 2.75) is 11.1 Å². The normalized spacial score (nSPS) is 14.8. The molecule has 1 amide bonds. The molecule has 1 aromatic heterocycles. The number of thiophene rings is 1. The number of rotatable bonds is 7. The number of morpholine rings is 1. The zero-order chi connectivity index (χ0) is 22.6. The molecule has 0 saturated carbocycles. The Hall–Kier alpha value is -2.72. The lowest BCUT2D eigenvalue weighted by Gasteiger charge is -2.25. The summed E-state index contributed by atoms with van der Waals surface area (Å²) in [5.41, 5.74) is 2.05. The van der Waals surface area contributed by atoms with Gasteiger partial charge in [-0.15, -0.1) is 11.3 Å². The highest BCUT2D eigenvalue weighted by atomic mass is 32.2. The second-order valence-electron chi connectivity index (χ2n) is 7.12. The summed E-state index contributed by atoms with van der Waals surface area (Å²) in [7, 11) is -3.51. The first kappa shape index (κ1) is 22.5. The Morgan fingerprint density at radius 1 is 1.03 bits per heavy atom. The molecular formula is C23H24N2O5S2. The number of ether oxygens (including phenoxy) is 2. The molecule has 9 heteroatoms. The van der Waals surface area contributed by atoms with Gasteiger partial charge in [0.15, 0.2) is 0 Å². The molecule has 2 heterocycles. The average molecular weight is 473 g/mol. The predicted octanol–water partition coefficient (Wildman–Crippen LogP) is 4.09. The molecule has 3 aromatic rings. The Morgan fingerprint density at radius 3 is 2.38 bits per heavy atom. The van der Waals surface area contributed by atoms with Crippen LogP contribution in [-0.2, 0) is 14.8 Å². The molecule has 2 aromatic carbocycles. The van der Waals surface area contributed by atoms with E-state index < -0.39 is 10.0 Å². The molecule has 1 aliphatic rings. The van der Waals surface area contributed by atoms with Gasteiger partial charge in [0.05, 0.1) is 19.8 Å². The number of hydrogen-bond donors (Lipinski definition) is 1. The van der Waals surface area contributed by atoms with E-state index in [0.717, 1.165) is 16.2 Å². The van der Waals surface area contributed by atoms with E-state index in [1.807, 2.05) is 31.2 Å². The van der Waals surface area contributed by atoms with Gasteiger partial charge in [0.2, 0.25) is 0 Å². The first-order valence-corrected chi connectivity index (χ1v) is 12.6. The van der Waals surface area contributed by atoms with Gasteiger partial charge in [0.1, 0.15) is 9.96 Å². The number of benzene rings is 2. The molecule has 0 bridgehead atoms. The zero-order valence-electron chi connectivity index (χ0n) is 17.6. The summed E-state index contributed by atoms with van der Waals surface area (Å²) in [5.74, 6) is 0.531. The number of nitrogens with zero attached hydrogens (tertiary/aromatic N) is 1. The Bertz CT molecular complexity index is 1170. The van der Waals surface area contributed by atoms with Gasteiger partial charge in [-0.3, -0.25) is 4.79 Å². The summed E-state index contributed by atoms with van der Waals surface area (Å²) >= 11 is 1.23.